The molecule has 0 atom stereocenters. The molecular weight excluding hydrogens is 292 g/mol. The first-order valence-electron chi connectivity index (χ1n) is 6.26. The third kappa shape index (κ3) is 3.79. The molecule has 0 saturated carbocycles. The molecule has 2 N–H and O–H groups in total. The Morgan fingerprint density at radius 3 is 2.57 bits per heavy atom. The molecule has 6 nitrogen and oxygen atoms in total. The van der Waals surface area contributed by atoms with Crippen molar-refractivity contribution in [2.75, 3.05) is 12.3 Å². The summed E-state index contributed by atoms with van der Waals surface area (Å²) < 4.78 is 9.95. The monoisotopic (exact) mass is 306 g/mol. The van der Waals surface area contributed by atoms with Crippen LogP contribution in [-0.4, -0.2) is 23.5 Å². The van der Waals surface area contributed by atoms with Gasteiger partial charge in [0.05, 0.1) is 6.61 Å². The fourth-order valence-corrected chi connectivity index (χ4v) is 2.32. The minimum Gasteiger partial charge on any atom is -0.462 e. The first-order chi connectivity index (χ1) is 10.1. The van der Waals surface area contributed by atoms with Gasteiger partial charge in [-0.25, -0.2) is 14.6 Å². The molecule has 1 aromatic heterocycles. The molecule has 0 aliphatic rings. The summed E-state index contributed by atoms with van der Waals surface area (Å²) in [5.74, 6) is -1.23. The van der Waals surface area contributed by atoms with Crippen LogP contribution >= 0.6 is 11.3 Å². The Morgan fingerprint density at radius 1 is 1.19 bits per heavy atom. The molecule has 0 amide bonds. The summed E-state index contributed by atoms with van der Waals surface area (Å²) in [4.78, 5) is 27.4. The number of carbonyl (C=O) groups excluding carboxylic acids is 2. The summed E-state index contributed by atoms with van der Waals surface area (Å²) in [7, 11) is 0. The Bertz CT molecular complexity index is 640. The third-order valence-electron chi connectivity index (χ3n) is 2.50. The van der Waals surface area contributed by atoms with E-state index in [2.05, 4.69) is 4.98 Å². The molecule has 2 aromatic rings. The van der Waals surface area contributed by atoms with Crippen LogP contribution in [0.1, 0.15) is 32.0 Å². The van der Waals surface area contributed by atoms with Gasteiger partial charge in [0.2, 0.25) is 5.01 Å². The topological polar surface area (TPSA) is 91.5 Å². The van der Waals surface area contributed by atoms with E-state index in [1.807, 2.05) is 30.3 Å². The minimum absolute atomic E-state index is 0.0230. The summed E-state index contributed by atoms with van der Waals surface area (Å²) in [5.41, 5.74) is 6.47. The highest BCUT2D eigenvalue weighted by Gasteiger charge is 2.21. The van der Waals surface area contributed by atoms with Gasteiger partial charge < -0.3 is 15.2 Å². The van der Waals surface area contributed by atoms with Crippen LogP contribution in [0.4, 0.5) is 5.82 Å². The molecule has 0 spiro atoms. The van der Waals surface area contributed by atoms with Crippen LogP contribution in [-0.2, 0) is 16.1 Å². The molecular formula is C14H14N2O4S. The van der Waals surface area contributed by atoms with E-state index in [1.165, 1.54) is 0 Å². The van der Waals surface area contributed by atoms with E-state index >= 15 is 0 Å². The fourth-order valence-electron chi connectivity index (χ4n) is 1.55. The molecule has 2 rings (SSSR count). The Kier molecular flexibility index (Phi) is 4.89. The third-order valence-corrected chi connectivity index (χ3v) is 3.53. The minimum atomic E-state index is -0.619. The number of hydrogen-bond donors (Lipinski definition) is 1. The molecule has 7 heteroatoms. The number of thiazole rings is 1. The lowest BCUT2D eigenvalue weighted by molar-refractivity contribution is 0.0471. The number of aromatic nitrogens is 1. The van der Waals surface area contributed by atoms with Crippen molar-refractivity contribution in [1.82, 2.24) is 4.98 Å². The molecule has 0 radical (unpaired) electrons. The maximum Gasteiger partial charge on any atom is 0.367 e. The second-order valence-electron chi connectivity index (χ2n) is 4.02. The Morgan fingerprint density at radius 2 is 1.90 bits per heavy atom. The van der Waals surface area contributed by atoms with E-state index in [0.717, 1.165) is 16.9 Å². The number of ether oxygens (including phenoxy) is 2. The number of nitrogens with zero attached hydrogens (tertiary/aromatic N) is 1. The average molecular weight is 306 g/mol. The van der Waals surface area contributed by atoms with Crippen LogP contribution in [0, 0.1) is 0 Å². The average Bonchev–Trinajstić information content (AvgIpc) is 2.88. The van der Waals surface area contributed by atoms with E-state index in [4.69, 9.17) is 15.2 Å². The van der Waals surface area contributed by atoms with Gasteiger partial charge in [-0.1, -0.05) is 41.7 Å². The van der Waals surface area contributed by atoms with E-state index in [-0.39, 0.29) is 28.9 Å². The standard InChI is InChI=1S/C14H14N2O4S/c1-2-19-13(17)10-11(15)16-12(21-10)14(18)20-8-9-6-4-3-5-7-9/h3-7H,2,8,15H2,1H3. The zero-order chi connectivity index (χ0) is 15.2. The van der Waals surface area contributed by atoms with Crippen molar-refractivity contribution in [3.8, 4) is 0 Å². The van der Waals surface area contributed by atoms with Crippen LogP contribution in [0.15, 0.2) is 30.3 Å². The van der Waals surface area contributed by atoms with Gasteiger partial charge in [0.25, 0.3) is 0 Å². The van der Waals surface area contributed by atoms with Gasteiger partial charge in [-0.2, -0.15) is 0 Å². The van der Waals surface area contributed by atoms with Crippen LogP contribution in [0.3, 0.4) is 0 Å². The highest BCUT2D eigenvalue weighted by molar-refractivity contribution is 7.15. The van der Waals surface area contributed by atoms with E-state index in [9.17, 15) is 9.59 Å². The lowest BCUT2D eigenvalue weighted by atomic mass is 10.2. The highest BCUT2D eigenvalue weighted by atomic mass is 32.1. The highest BCUT2D eigenvalue weighted by Crippen LogP contribution is 2.22. The summed E-state index contributed by atoms with van der Waals surface area (Å²) in [6.45, 7) is 2.04. The molecule has 0 bridgehead atoms. The SMILES string of the molecule is CCOC(=O)c1sc(C(=O)OCc2ccccc2)nc1N. The molecule has 110 valence electrons. The van der Waals surface area contributed by atoms with Crippen LogP contribution in [0.2, 0.25) is 0 Å². The molecule has 0 aliphatic carbocycles. The van der Waals surface area contributed by atoms with Gasteiger partial charge in [-0.15, -0.1) is 0 Å². The summed E-state index contributed by atoms with van der Waals surface area (Å²) in [6.07, 6.45) is 0. The number of nitrogens with two attached hydrogens (primary N) is 1. The van der Waals surface area contributed by atoms with Gasteiger partial charge in [0.15, 0.2) is 4.88 Å². The second-order valence-corrected chi connectivity index (χ2v) is 5.01. The van der Waals surface area contributed by atoms with Crippen molar-refractivity contribution < 1.29 is 19.1 Å². The number of esters is 2. The zero-order valence-electron chi connectivity index (χ0n) is 11.4. The molecule has 0 unspecified atom stereocenters. The predicted octanol–water partition coefficient (Wildman–Crippen LogP) is 2.26. The molecule has 0 fully saturated rings. The Balaban J connectivity index is 2.03. The van der Waals surface area contributed by atoms with Crippen molar-refractivity contribution >= 4 is 29.1 Å². The number of nitrogen functional groups attached to an aromatic ring is 1. The number of benzene rings is 1. The van der Waals surface area contributed by atoms with Crippen molar-refractivity contribution in [2.45, 2.75) is 13.5 Å². The number of carbonyl (C=O) groups is 2. The van der Waals surface area contributed by atoms with Gasteiger partial charge in [0, 0.05) is 0 Å². The van der Waals surface area contributed by atoms with Gasteiger partial charge in [-0.05, 0) is 12.5 Å². The summed E-state index contributed by atoms with van der Waals surface area (Å²) in [5, 5.41) is 0.0338. The van der Waals surface area contributed by atoms with E-state index < -0.39 is 11.9 Å². The van der Waals surface area contributed by atoms with E-state index in [0.29, 0.717) is 0 Å². The smallest absolute Gasteiger partial charge is 0.367 e. The lowest BCUT2D eigenvalue weighted by Crippen LogP contribution is -2.05. The van der Waals surface area contributed by atoms with Crippen molar-refractivity contribution in [3.63, 3.8) is 0 Å². The first kappa shape index (κ1) is 15.0. The predicted molar refractivity (Wildman–Crippen MR) is 78.0 cm³/mol. The first-order valence-corrected chi connectivity index (χ1v) is 7.08. The second kappa shape index (κ2) is 6.85. The number of hydrogen-bond acceptors (Lipinski definition) is 7. The van der Waals surface area contributed by atoms with Crippen molar-refractivity contribution in [2.24, 2.45) is 0 Å². The maximum atomic E-state index is 11.9. The van der Waals surface area contributed by atoms with Crippen LogP contribution in [0.5, 0.6) is 0 Å². The van der Waals surface area contributed by atoms with Crippen molar-refractivity contribution in [3.05, 3.63) is 45.8 Å². The molecule has 1 aromatic carbocycles. The maximum absolute atomic E-state index is 11.9. The lowest BCUT2D eigenvalue weighted by Gasteiger charge is -2.02. The quantitative estimate of drug-likeness (QED) is 0.852. The molecule has 21 heavy (non-hydrogen) atoms. The van der Waals surface area contributed by atoms with Crippen LogP contribution in [0.25, 0.3) is 0 Å². The fraction of sp³-hybridized carbons (Fsp3) is 0.214. The summed E-state index contributed by atoms with van der Waals surface area (Å²) in [6, 6.07) is 9.26. The van der Waals surface area contributed by atoms with Crippen molar-refractivity contribution in [1.29, 1.82) is 0 Å². The summed E-state index contributed by atoms with van der Waals surface area (Å²) >= 11 is 0.866. The van der Waals surface area contributed by atoms with Gasteiger partial charge in [0.1, 0.15) is 12.4 Å². The molecule has 0 aliphatic heterocycles. The van der Waals surface area contributed by atoms with Crippen LogP contribution < -0.4 is 5.73 Å². The Hall–Kier alpha value is -2.41. The number of rotatable bonds is 5. The molecule has 0 saturated heterocycles. The largest absolute Gasteiger partial charge is 0.462 e. The van der Waals surface area contributed by atoms with E-state index in [1.54, 1.807) is 6.92 Å². The number of anilines is 1. The normalized spacial score (nSPS) is 10.1. The Labute approximate surface area is 125 Å². The zero-order valence-corrected chi connectivity index (χ0v) is 12.2. The van der Waals surface area contributed by atoms with Gasteiger partial charge in [-0.3, -0.25) is 0 Å². The van der Waals surface area contributed by atoms with Gasteiger partial charge >= 0.3 is 11.9 Å². The molecule has 1 heterocycles.